The average Bonchev–Trinajstić information content (AvgIpc) is 3.24. The summed E-state index contributed by atoms with van der Waals surface area (Å²) in [5, 5.41) is 4.32. The van der Waals surface area contributed by atoms with Crippen LogP contribution in [0.25, 0.3) is 5.69 Å². The van der Waals surface area contributed by atoms with Gasteiger partial charge in [0.15, 0.2) is 5.82 Å². The van der Waals surface area contributed by atoms with Crippen LogP contribution in [0.15, 0.2) is 53.5 Å². The quantitative estimate of drug-likeness (QED) is 0.617. The summed E-state index contributed by atoms with van der Waals surface area (Å²) in [6.45, 7) is 2.60. The van der Waals surface area contributed by atoms with Crippen molar-refractivity contribution in [1.82, 2.24) is 24.6 Å². The number of carbonyl (C=O) groups is 1. The van der Waals surface area contributed by atoms with Gasteiger partial charge in [-0.05, 0) is 24.3 Å². The minimum atomic E-state index is -0.0141. The van der Waals surface area contributed by atoms with Crippen LogP contribution in [0.3, 0.4) is 0 Å². The van der Waals surface area contributed by atoms with E-state index in [1.807, 2.05) is 29.2 Å². The highest BCUT2D eigenvalue weighted by atomic mass is 79.9. The first-order valence-electron chi connectivity index (χ1n) is 8.85. The number of ether oxygens (including phenoxy) is 1. The zero-order valence-electron chi connectivity index (χ0n) is 15.3. The molecule has 1 aliphatic heterocycles. The molecule has 1 saturated heterocycles. The third-order valence-electron chi connectivity index (χ3n) is 4.62. The van der Waals surface area contributed by atoms with E-state index in [-0.39, 0.29) is 5.91 Å². The molecule has 0 atom stereocenters. The highest BCUT2D eigenvalue weighted by molar-refractivity contribution is 9.10. The molecule has 0 saturated carbocycles. The van der Waals surface area contributed by atoms with E-state index >= 15 is 0 Å². The first-order chi connectivity index (χ1) is 13.6. The molecule has 3 heterocycles. The van der Waals surface area contributed by atoms with E-state index in [2.05, 4.69) is 35.9 Å². The number of piperazine rings is 1. The number of amides is 1. The Labute approximate surface area is 170 Å². The summed E-state index contributed by atoms with van der Waals surface area (Å²) in [5.41, 5.74) is 1.49. The van der Waals surface area contributed by atoms with Crippen LogP contribution >= 0.6 is 15.9 Å². The van der Waals surface area contributed by atoms with Crippen LogP contribution in [-0.4, -0.2) is 63.8 Å². The number of halogens is 1. The summed E-state index contributed by atoms with van der Waals surface area (Å²) in [5.74, 6) is 1.23. The van der Waals surface area contributed by atoms with Crippen LogP contribution in [0.2, 0.25) is 0 Å². The van der Waals surface area contributed by atoms with Crippen molar-refractivity contribution in [3.8, 4) is 11.6 Å². The van der Waals surface area contributed by atoms with Crippen molar-refractivity contribution < 1.29 is 9.53 Å². The Kier molecular flexibility index (Phi) is 5.25. The third-order valence-corrected chi connectivity index (χ3v) is 5.15. The van der Waals surface area contributed by atoms with Crippen LogP contribution in [0, 0.1) is 0 Å². The Morgan fingerprint density at radius 3 is 2.54 bits per heavy atom. The first kappa shape index (κ1) is 18.4. The van der Waals surface area contributed by atoms with Crippen LogP contribution < -0.4 is 9.64 Å². The molecule has 0 unspecified atom stereocenters. The predicted molar refractivity (Wildman–Crippen MR) is 108 cm³/mol. The number of nitrogens with zero attached hydrogens (tertiary/aromatic N) is 6. The number of hydrogen-bond acceptors (Lipinski definition) is 6. The van der Waals surface area contributed by atoms with Crippen LogP contribution in [0.4, 0.5) is 5.82 Å². The Hall–Kier alpha value is -2.94. The van der Waals surface area contributed by atoms with Gasteiger partial charge in [-0.1, -0.05) is 15.9 Å². The number of methoxy groups -OCH3 is 1. The molecule has 0 spiro atoms. The maximum Gasteiger partial charge on any atom is 0.257 e. The first-order valence-corrected chi connectivity index (χ1v) is 9.64. The Morgan fingerprint density at radius 1 is 1.07 bits per heavy atom. The molecule has 3 aromatic rings. The number of hydrogen-bond donors (Lipinski definition) is 0. The lowest BCUT2D eigenvalue weighted by Gasteiger charge is -2.35. The standard InChI is InChI=1S/C19H19BrN6O2/c1-28-18-12-21-11-17(23-18)24-6-8-25(9-7-24)19(27)14-10-22-26(13-14)16-4-2-15(20)3-5-16/h2-5,10-13H,6-9H2,1H3. The molecule has 1 aromatic carbocycles. The van der Waals surface area contributed by atoms with E-state index in [0.29, 0.717) is 37.6 Å². The summed E-state index contributed by atoms with van der Waals surface area (Å²) in [6.07, 6.45) is 6.67. The SMILES string of the molecule is COc1cncc(N2CCN(C(=O)c3cnn(-c4ccc(Br)cc4)c3)CC2)n1. The summed E-state index contributed by atoms with van der Waals surface area (Å²) in [4.78, 5) is 25.3. The van der Waals surface area contributed by atoms with Crippen molar-refractivity contribution in [3.05, 3.63) is 59.1 Å². The predicted octanol–water partition coefficient (Wildman–Crippen LogP) is 2.40. The molecular weight excluding hydrogens is 424 g/mol. The van der Waals surface area contributed by atoms with Crippen molar-refractivity contribution in [1.29, 1.82) is 0 Å². The number of aromatic nitrogens is 4. The molecule has 28 heavy (non-hydrogen) atoms. The van der Waals surface area contributed by atoms with Gasteiger partial charge >= 0.3 is 0 Å². The molecule has 1 fully saturated rings. The van der Waals surface area contributed by atoms with Gasteiger partial charge in [-0.15, -0.1) is 0 Å². The van der Waals surface area contributed by atoms with Crippen LogP contribution in [0.1, 0.15) is 10.4 Å². The Bertz CT molecular complexity index is 967. The molecule has 0 N–H and O–H groups in total. The molecule has 2 aromatic heterocycles. The fourth-order valence-corrected chi connectivity index (χ4v) is 3.34. The van der Waals surface area contributed by atoms with E-state index < -0.39 is 0 Å². The minimum absolute atomic E-state index is 0.0141. The highest BCUT2D eigenvalue weighted by Crippen LogP contribution is 2.18. The maximum absolute atomic E-state index is 12.8. The molecule has 9 heteroatoms. The summed E-state index contributed by atoms with van der Waals surface area (Å²) in [6, 6.07) is 7.77. The lowest BCUT2D eigenvalue weighted by molar-refractivity contribution is 0.0746. The van der Waals surface area contributed by atoms with Gasteiger partial charge in [0.2, 0.25) is 5.88 Å². The van der Waals surface area contributed by atoms with Crippen molar-refractivity contribution in [2.45, 2.75) is 0 Å². The van der Waals surface area contributed by atoms with E-state index in [1.54, 1.807) is 36.6 Å². The fourth-order valence-electron chi connectivity index (χ4n) is 3.08. The lowest BCUT2D eigenvalue weighted by atomic mass is 10.2. The molecule has 8 nitrogen and oxygen atoms in total. The molecule has 0 aliphatic carbocycles. The topological polar surface area (TPSA) is 76.4 Å². The summed E-state index contributed by atoms with van der Waals surface area (Å²) in [7, 11) is 1.57. The second-order valence-corrected chi connectivity index (χ2v) is 7.26. The third kappa shape index (κ3) is 3.84. The van der Waals surface area contributed by atoms with Gasteiger partial charge < -0.3 is 14.5 Å². The molecule has 144 valence electrons. The number of rotatable bonds is 4. The van der Waals surface area contributed by atoms with Gasteiger partial charge in [-0.3, -0.25) is 9.78 Å². The van der Waals surface area contributed by atoms with Crippen molar-refractivity contribution in [2.24, 2.45) is 0 Å². The number of benzene rings is 1. The lowest BCUT2D eigenvalue weighted by Crippen LogP contribution is -2.49. The van der Waals surface area contributed by atoms with Crippen LogP contribution in [0.5, 0.6) is 5.88 Å². The van der Waals surface area contributed by atoms with Gasteiger partial charge in [0.25, 0.3) is 5.91 Å². The summed E-state index contributed by atoms with van der Waals surface area (Å²) >= 11 is 3.42. The number of anilines is 1. The normalized spacial score (nSPS) is 14.2. The Morgan fingerprint density at radius 2 is 1.82 bits per heavy atom. The summed E-state index contributed by atoms with van der Waals surface area (Å²) < 4.78 is 7.84. The van der Waals surface area contributed by atoms with E-state index in [1.165, 1.54) is 0 Å². The zero-order valence-corrected chi connectivity index (χ0v) is 16.9. The van der Waals surface area contributed by atoms with E-state index in [0.717, 1.165) is 16.0 Å². The monoisotopic (exact) mass is 442 g/mol. The van der Waals surface area contributed by atoms with Gasteiger partial charge in [0.05, 0.1) is 37.0 Å². The molecular formula is C19H19BrN6O2. The smallest absolute Gasteiger partial charge is 0.257 e. The van der Waals surface area contributed by atoms with Crippen molar-refractivity contribution >= 4 is 27.7 Å². The molecule has 4 rings (SSSR count). The second-order valence-electron chi connectivity index (χ2n) is 6.35. The average molecular weight is 443 g/mol. The second kappa shape index (κ2) is 7.97. The van der Waals surface area contributed by atoms with Crippen molar-refractivity contribution in [3.63, 3.8) is 0 Å². The number of carbonyl (C=O) groups excluding carboxylic acids is 1. The van der Waals surface area contributed by atoms with E-state index in [9.17, 15) is 4.79 Å². The molecule has 1 aliphatic rings. The van der Waals surface area contributed by atoms with Gasteiger partial charge in [-0.25, -0.2) is 4.68 Å². The minimum Gasteiger partial charge on any atom is -0.480 e. The van der Waals surface area contributed by atoms with Crippen LogP contribution in [-0.2, 0) is 0 Å². The molecule has 0 radical (unpaired) electrons. The zero-order chi connectivity index (χ0) is 19.5. The largest absolute Gasteiger partial charge is 0.480 e. The molecule has 1 amide bonds. The molecule has 0 bridgehead atoms. The highest BCUT2D eigenvalue weighted by Gasteiger charge is 2.24. The Balaban J connectivity index is 1.41. The fraction of sp³-hybridized carbons (Fsp3) is 0.263. The maximum atomic E-state index is 12.8. The van der Waals surface area contributed by atoms with Gasteiger partial charge in [0, 0.05) is 36.8 Å². The van der Waals surface area contributed by atoms with Crippen molar-refractivity contribution in [2.75, 3.05) is 38.2 Å². The van der Waals surface area contributed by atoms with E-state index in [4.69, 9.17) is 4.74 Å². The van der Waals surface area contributed by atoms with Gasteiger partial charge in [-0.2, -0.15) is 10.1 Å². The van der Waals surface area contributed by atoms with Gasteiger partial charge in [0.1, 0.15) is 0 Å².